The lowest BCUT2D eigenvalue weighted by Gasteiger charge is -2.22. The van der Waals surface area contributed by atoms with E-state index < -0.39 is 40.1 Å². The van der Waals surface area contributed by atoms with Gasteiger partial charge in [-0.15, -0.1) is 24.9 Å². The summed E-state index contributed by atoms with van der Waals surface area (Å²) in [6, 6.07) is 4.94. The standard InChI is InChI=1S/C19H19F6NO3S2/c1-11-8-12(2)17(13(3)9-11)31(27,28)26-16(18(20,21)22)10-30-15-6-4-14(5-7-15)29-19(23,24)25/h4-9,16,26H,10H2,1-3H3. The molecule has 4 nitrogen and oxygen atoms in total. The van der Waals surface area contributed by atoms with E-state index in [9.17, 15) is 34.8 Å². The van der Waals surface area contributed by atoms with E-state index in [-0.39, 0.29) is 9.79 Å². The second-order valence-electron chi connectivity index (χ2n) is 6.77. The summed E-state index contributed by atoms with van der Waals surface area (Å²) in [5.74, 6) is -1.23. The Labute approximate surface area is 180 Å². The Bertz CT molecular complexity index is 995. The van der Waals surface area contributed by atoms with Crippen LogP contribution >= 0.6 is 11.8 Å². The third-order valence-corrected chi connectivity index (χ3v) is 6.92. The molecule has 0 aliphatic rings. The van der Waals surface area contributed by atoms with Crippen molar-refractivity contribution >= 4 is 21.8 Å². The molecular weight excluding hydrogens is 468 g/mol. The number of thioether (sulfide) groups is 1. The smallest absolute Gasteiger partial charge is 0.406 e. The number of sulfonamides is 1. The lowest BCUT2D eigenvalue weighted by Crippen LogP contribution is -2.47. The number of alkyl halides is 6. The van der Waals surface area contributed by atoms with Crippen LogP contribution in [0.1, 0.15) is 16.7 Å². The maximum absolute atomic E-state index is 13.5. The quantitative estimate of drug-likeness (QED) is 0.413. The minimum Gasteiger partial charge on any atom is -0.406 e. The van der Waals surface area contributed by atoms with Gasteiger partial charge in [0.25, 0.3) is 0 Å². The Hall–Kier alpha value is -1.92. The molecule has 0 radical (unpaired) electrons. The highest BCUT2D eigenvalue weighted by molar-refractivity contribution is 7.99. The molecule has 172 valence electrons. The molecule has 0 spiro atoms. The second-order valence-corrected chi connectivity index (χ2v) is 9.52. The molecule has 0 fully saturated rings. The number of rotatable bonds is 7. The molecule has 1 unspecified atom stereocenters. The van der Waals surface area contributed by atoms with E-state index in [4.69, 9.17) is 0 Å². The van der Waals surface area contributed by atoms with Crippen molar-refractivity contribution in [2.24, 2.45) is 0 Å². The van der Waals surface area contributed by atoms with E-state index in [1.165, 1.54) is 13.8 Å². The first-order valence-electron chi connectivity index (χ1n) is 8.74. The van der Waals surface area contributed by atoms with Crippen molar-refractivity contribution in [3.63, 3.8) is 0 Å². The molecule has 0 amide bonds. The fourth-order valence-corrected chi connectivity index (χ4v) is 5.69. The predicted octanol–water partition coefficient (Wildman–Crippen LogP) is 5.51. The number of hydrogen-bond donors (Lipinski definition) is 1. The summed E-state index contributed by atoms with van der Waals surface area (Å²) >= 11 is 0.645. The van der Waals surface area contributed by atoms with Crippen LogP contribution < -0.4 is 9.46 Å². The number of ether oxygens (including phenoxy) is 1. The molecule has 0 aromatic heterocycles. The normalized spacial score (nSPS) is 13.8. The van der Waals surface area contributed by atoms with Gasteiger partial charge in [-0.05, 0) is 56.2 Å². The Morgan fingerprint density at radius 2 is 1.48 bits per heavy atom. The van der Waals surface area contributed by atoms with Gasteiger partial charge >= 0.3 is 12.5 Å². The van der Waals surface area contributed by atoms with Crippen molar-refractivity contribution in [1.82, 2.24) is 4.72 Å². The van der Waals surface area contributed by atoms with E-state index in [0.29, 0.717) is 22.9 Å². The van der Waals surface area contributed by atoms with Crippen LogP contribution in [0.5, 0.6) is 5.75 Å². The van der Waals surface area contributed by atoms with Gasteiger partial charge in [0.05, 0.1) is 4.90 Å². The summed E-state index contributed by atoms with van der Waals surface area (Å²) in [6.07, 6.45) is -9.77. The van der Waals surface area contributed by atoms with Crippen LogP contribution in [0.2, 0.25) is 0 Å². The zero-order valence-corrected chi connectivity index (χ0v) is 18.2. The number of aryl methyl sites for hydroxylation is 3. The van der Waals surface area contributed by atoms with Gasteiger partial charge in [-0.3, -0.25) is 0 Å². The van der Waals surface area contributed by atoms with Gasteiger partial charge in [0.1, 0.15) is 11.8 Å². The second kappa shape index (κ2) is 9.29. The monoisotopic (exact) mass is 487 g/mol. The molecule has 12 heteroatoms. The molecule has 0 bridgehead atoms. The molecule has 0 saturated carbocycles. The third-order valence-electron chi connectivity index (χ3n) is 4.04. The van der Waals surface area contributed by atoms with Crippen LogP contribution in [0.25, 0.3) is 0 Å². The van der Waals surface area contributed by atoms with Crippen molar-refractivity contribution in [2.75, 3.05) is 5.75 Å². The van der Waals surface area contributed by atoms with Crippen LogP contribution in [0, 0.1) is 20.8 Å². The van der Waals surface area contributed by atoms with Gasteiger partial charge < -0.3 is 4.74 Å². The van der Waals surface area contributed by atoms with E-state index >= 15 is 0 Å². The molecule has 2 aromatic carbocycles. The molecule has 2 aromatic rings. The van der Waals surface area contributed by atoms with Gasteiger partial charge in [-0.2, -0.15) is 17.9 Å². The highest BCUT2D eigenvalue weighted by atomic mass is 32.2. The van der Waals surface area contributed by atoms with Crippen molar-refractivity contribution in [1.29, 1.82) is 0 Å². The summed E-state index contributed by atoms with van der Waals surface area (Å²) in [6.45, 7) is 4.73. The zero-order valence-electron chi connectivity index (χ0n) is 16.6. The molecule has 0 aliphatic heterocycles. The van der Waals surface area contributed by atoms with Gasteiger partial charge in [-0.1, -0.05) is 17.7 Å². The topological polar surface area (TPSA) is 55.4 Å². The van der Waals surface area contributed by atoms with Gasteiger partial charge in [0.2, 0.25) is 10.0 Å². The molecule has 31 heavy (non-hydrogen) atoms. The summed E-state index contributed by atoms with van der Waals surface area (Å²) in [7, 11) is -4.48. The van der Waals surface area contributed by atoms with Crippen LogP contribution in [0.3, 0.4) is 0 Å². The minimum absolute atomic E-state index is 0.214. The Balaban J connectivity index is 2.18. The molecule has 2 rings (SSSR count). The van der Waals surface area contributed by atoms with Crippen molar-refractivity contribution in [2.45, 2.75) is 49.1 Å². The number of halogens is 6. The summed E-state index contributed by atoms with van der Waals surface area (Å²) in [5.41, 5.74) is 1.41. The number of hydrogen-bond acceptors (Lipinski definition) is 4. The lowest BCUT2D eigenvalue weighted by molar-refractivity contribution is -0.274. The van der Waals surface area contributed by atoms with Crippen molar-refractivity contribution in [3.05, 3.63) is 53.1 Å². The van der Waals surface area contributed by atoms with E-state index in [1.807, 2.05) is 0 Å². The van der Waals surface area contributed by atoms with Crippen LogP contribution in [0.4, 0.5) is 26.3 Å². The van der Waals surface area contributed by atoms with E-state index in [1.54, 1.807) is 23.8 Å². The largest absolute Gasteiger partial charge is 0.573 e. The first kappa shape index (κ1) is 25.3. The zero-order chi connectivity index (χ0) is 23.6. The molecule has 1 N–H and O–H groups in total. The van der Waals surface area contributed by atoms with Crippen LogP contribution in [-0.2, 0) is 10.0 Å². The highest BCUT2D eigenvalue weighted by Crippen LogP contribution is 2.31. The van der Waals surface area contributed by atoms with Crippen molar-refractivity contribution in [3.8, 4) is 5.75 Å². The molecule has 0 saturated heterocycles. The van der Waals surface area contributed by atoms with E-state index in [0.717, 1.165) is 29.8 Å². The Kier molecular flexibility index (Phi) is 7.59. The lowest BCUT2D eigenvalue weighted by atomic mass is 10.1. The van der Waals surface area contributed by atoms with Gasteiger partial charge in [0, 0.05) is 10.6 Å². The van der Waals surface area contributed by atoms with Crippen LogP contribution in [-0.4, -0.2) is 32.8 Å². The first-order chi connectivity index (χ1) is 14.1. The predicted molar refractivity (Wildman–Crippen MR) is 105 cm³/mol. The van der Waals surface area contributed by atoms with Crippen molar-refractivity contribution < 1.29 is 39.5 Å². The number of nitrogens with one attached hydrogen (secondary N) is 1. The number of benzene rings is 2. The average Bonchev–Trinajstić information content (AvgIpc) is 2.56. The maximum Gasteiger partial charge on any atom is 0.573 e. The summed E-state index contributed by atoms with van der Waals surface area (Å²) < 4.78 is 108. The third kappa shape index (κ3) is 7.32. The van der Waals surface area contributed by atoms with Crippen LogP contribution in [0.15, 0.2) is 46.2 Å². The van der Waals surface area contributed by atoms with Gasteiger partial charge in [-0.25, -0.2) is 8.42 Å². The molecular formula is C19H19F6NO3S2. The first-order valence-corrected chi connectivity index (χ1v) is 11.2. The molecule has 1 atom stereocenters. The van der Waals surface area contributed by atoms with E-state index in [2.05, 4.69) is 4.74 Å². The molecule has 0 aliphatic carbocycles. The minimum atomic E-state index is -4.89. The Morgan fingerprint density at radius 1 is 0.968 bits per heavy atom. The fraction of sp³-hybridized carbons (Fsp3) is 0.368. The SMILES string of the molecule is Cc1cc(C)c(S(=O)(=O)NC(CSc2ccc(OC(F)(F)F)cc2)C(F)(F)F)c(C)c1. The van der Waals surface area contributed by atoms with Gasteiger partial charge in [0.15, 0.2) is 0 Å². The average molecular weight is 487 g/mol. The summed E-state index contributed by atoms with van der Waals surface area (Å²) in [4.78, 5) is -0.00308. The fourth-order valence-electron chi connectivity index (χ4n) is 2.95. The Morgan fingerprint density at radius 3 is 1.94 bits per heavy atom. The highest BCUT2D eigenvalue weighted by Gasteiger charge is 2.42. The summed E-state index contributed by atoms with van der Waals surface area (Å²) in [5, 5.41) is 0. The maximum atomic E-state index is 13.5. The molecule has 0 heterocycles.